The normalized spacial score (nSPS) is 11.8. The molecule has 0 aliphatic carbocycles. The van der Waals surface area contributed by atoms with Gasteiger partial charge in [-0.2, -0.15) is 0 Å². The maximum atomic E-state index is 11.3. The molecule has 1 nitrogen and oxygen atoms in total. The lowest BCUT2D eigenvalue weighted by Crippen LogP contribution is -1.96. The fraction of sp³-hybridized carbons (Fsp3) is 0.700. The summed E-state index contributed by atoms with van der Waals surface area (Å²) in [5, 5.41) is 0. The molecule has 0 spiro atoms. The lowest BCUT2D eigenvalue weighted by Gasteiger charge is -1.97. The van der Waals surface area contributed by atoms with Gasteiger partial charge in [-0.25, -0.2) is 0 Å². The van der Waals surface area contributed by atoms with Crippen molar-refractivity contribution in [3.05, 3.63) is 9.66 Å². The first kappa shape index (κ1) is 12.1. The second-order valence-corrected chi connectivity index (χ2v) is 4.03. The van der Waals surface area contributed by atoms with Crippen LogP contribution < -0.4 is 0 Å². The zero-order chi connectivity index (χ0) is 9.40. The Bertz CT molecular complexity index is 161. The van der Waals surface area contributed by atoms with Gasteiger partial charge >= 0.3 is 0 Å². The van der Waals surface area contributed by atoms with Crippen molar-refractivity contribution < 1.29 is 4.79 Å². The number of carbonyl (C=O) groups is 1. The van der Waals surface area contributed by atoms with Crippen LogP contribution in [0, 0.1) is 0 Å². The highest BCUT2D eigenvalue weighted by molar-refractivity contribution is 14.1. The van der Waals surface area contributed by atoms with Gasteiger partial charge in [0.05, 0.1) is 3.58 Å². The molecule has 0 radical (unpaired) electrons. The largest absolute Gasteiger partial charge is 0.294 e. The molecule has 0 fully saturated rings. The number of hydrogen-bond donors (Lipinski definition) is 0. The van der Waals surface area contributed by atoms with Gasteiger partial charge in [-0.15, -0.1) is 0 Å². The summed E-state index contributed by atoms with van der Waals surface area (Å²) in [5.74, 6) is 0.311. The predicted octanol–water partition coefficient (Wildman–Crippen LogP) is 3.86. The summed E-state index contributed by atoms with van der Waals surface area (Å²) in [6.07, 6.45) is 7.02. The highest BCUT2D eigenvalue weighted by Gasteiger charge is 2.03. The SMILES string of the molecule is CCC/C=C(\I)C(=O)CCCC. The van der Waals surface area contributed by atoms with Crippen LogP contribution in [-0.4, -0.2) is 5.78 Å². The number of carbonyl (C=O) groups excluding carboxylic acids is 1. The van der Waals surface area contributed by atoms with Crippen molar-refractivity contribution in [1.29, 1.82) is 0 Å². The predicted molar refractivity (Wildman–Crippen MR) is 61.5 cm³/mol. The molecule has 0 heterocycles. The first-order valence-electron chi connectivity index (χ1n) is 4.61. The van der Waals surface area contributed by atoms with Gasteiger partial charge in [-0.1, -0.05) is 32.8 Å². The fourth-order valence-electron chi connectivity index (χ4n) is 0.842. The topological polar surface area (TPSA) is 17.1 Å². The molecule has 0 saturated heterocycles. The van der Waals surface area contributed by atoms with Crippen LogP contribution in [0.1, 0.15) is 46.0 Å². The van der Waals surface area contributed by atoms with E-state index in [2.05, 4.69) is 36.4 Å². The molecule has 0 saturated carbocycles. The molecule has 0 rings (SSSR count). The van der Waals surface area contributed by atoms with Gasteiger partial charge in [0, 0.05) is 6.42 Å². The van der Waals surface area contributed by atoms with E-state index in [1.165, 1.54) is 0 Å². The Morgan fingerprint density at radius 1 is 1.33 bits per heavy atom. The number of halogens is 1. The summed E-state index contributed by atoms with van der Waals surface area (Å²) in [4.78, 5) is 11.3. The Morgan fingerprint density at radius 3 is 2.50 bits per heavy atom. The lowest BCUT2D eigenvalue weighted by molar-refractivity contribution is -0.114. The maximum absolute atomic E-state index is 11.3. The van der Waals surface area contributed by atoms with E-state index in [1.807, 2.05) is 6.08 Å². The summed E-state index contributed by atoms with van der Waals surface area (Å²) < 4.78 is 0.919. The lowest BCUT2D eigenvalue weighted by atomic mass is 10.1. The first-order valence-corrected chi connectivity index (χ1v) is 5.69. The van der Waals surface area contributed by atoms with Crippen molar-refractivity contribution >= 4 is 28.4 Å². The Balaban J connectivity index is 3.75. The van der Waals surface area contributed by atoms with Crippen molar-refractivity contribution in [1.82, 2.24) is 0 Å². The summed E-state index contributed by atoms with van der Waals surface area (Å²) in [6.45, 7) is 4.23. The molecule has 0 amide bonds. The molecule has 70 valence electrons. The molecule has 0 aliphatic rings. The van der Waals surface area contributed by atoms with Crippen LogP contribution in [0.5, 0.6) is 0 Å². The number of ketones is 1. The molecule has 0 aliphatic heterocycles. The van der Waals surface area contributed by atoms with E-state index in [-0.39, 0.29) is 0 Å². The number of hydrogen-bond acceptors (Lipinski definition) is 1. The summed E-state index contributed by atoms with van der Waals surface area (Å²) in [5.41, 5.74) is 0. The van der Waals surface area contributed by atoms with Crippen molar-refractivity contribution in [3.8, 4) is 0 Å². The fourth-order valence-corrected chi connectivity index (χ4v) is 1.42. The van der Waals surface area contributed by atoms with Gasteiger partial charge in [0.1, 0.15) is 0 Å². The second-order valence-electron chi connectivity index (χ2n) is 2.87. The number of Topliss-reactive ketones (excluding diaryl/α,β-unsaturated/α-hetero) is 1. The minimum Gasteiger partial charge on any atom is -0.294 e. The number of rotatable bonds is 6. The average molecular weight is 280 g/mol. The van der Waals surface area contributed by atoms with E-state index in [0.29, 0.717) is 5.78 Å². The highest BCUT2D eigenvalue weighted by Crippen LogP contribution is 2.13. The van der Waals surface area contributed by atoms with Crippen molar-refractivity contribution in [2.75, 3.05) is 0 Å². The third-order valence-electron chi connectivity index (χ3n) is 1.64. The Morgan fingerprint density at radius 2 is 2.00 bits per heavy atom. The minimum atomic E-state index is 0.311. The minimum absolute atomic E-state index is 0.311. The van der Waals surface area contributed by atoms with E-state index in [0.717, 1.165) is 35.7 Å². The number of unbranched alkanes of at least 4 members (excludes halogenated alkanes) is 2. The average Bonchev–Trinajstić information content (AvgIpc) is 2.10. The summed E-state index contributed by atoms with van der Waals surface area (Å²) in [7, 11) is 0. The van der Waals surface area contributed by atoms with Crippen LogP contribution >= 0.6 is 22.6 Å². The van der Waals surface area contributed by atoms with E-state index in [9.17, 15) is 4.79 Å². The molecular weight excluding hydrogens is 263 g/mol. The van der Waals surface area contributed by atoms with Crippen molar-refractivity contribution in [2.24, 2.45) is 0 Å². The van der Waals surface area contributed by atoms with Crippen LogP contribution in [0.3, 0.4) is 0 Å². The second kappa shape index (κ2) is 7.77. The molecule has 0 N–H and O–H groups in total. The molecule has 12 heavy (non-hydrogen) atoms. The monoisotopic (exact) mass is 280 g/mol. The Labute approximate surface area is 88.8 Å². The third kappa shape index (κ3) is 5.75. The summed E-state index contributed by atoms with van der Waals surface area (Å²) >= 11 is 2.14. The quantitative estimate of drug-likeness (QED) is 0.533. The zero-order valence-electron chi connectivity index (χ0n) is 7.90. The van der Waals surface area contributed by atoms with Gasteiger partial charge in [0.25, 0.3) is 0 Å². The van der Waals surface area contributed by atoms with Gasteiger partial charge in [0.2, 0.25) is 0 Å². The van der Waals surface area contributed by atoms with Crippen LogP contribution in [0.2, 0.25) is 0 Å². The van der Waals surface area contributed by atoms with Crippen LogP contribution in [0.4, 0.5) is 0 Å². The van der Waals surface area contributed by atoms with Crippen LogP contribution in [0.15, 0.2) is 9.66 Å². The number of allylic oxidation sites excluding steroid dienone is 2. The molecule has 0 aromatic rings. The first-order chi connectivity index (χ1) is 5.72. The third-order valence-corrected chi connectivity index (χ3v) is 2.68. The maximum Gasteiger partial charge on any atom is 0.168 e. The molecule has 0 bridgehead atoms. The van der Waals surface area contributed by atoms with Crippen molar-refractivity contribution in [2.45, 2.75) is 46.0 Å². The molecule has 0 aromatic carbocycles. The molecule has 2 heteroatoms. The molecule has 0 atom stereocenters. The Hall–Kier alpha value is 0.140. The van der Waals surface area contributed by atoms with E-state index < -0.39 is 0 Å². The van der Waals surface area contributed by atoms with Gasteiger partial charge < -0.3 is 0 Å². The Kier molecular flexibility index (Phi) is 7.86. The van der Waals surface area contributed by atoms with Crippen LogP contribution in [0.25, 0.3) is 0 Å². The van der Waals surface area contributed by atoms with E-state index in [1.54, 1.807) is 0 Å². The molecular formula is C10H17IO. The van der Waals surface area contributed by atoms with Gasteiger partial charge in [0.15, 0.2) is 5.78 Å². The smallest absolute Gasteiger partial charge is 0.168 e. The summed E-state index contributed by atoms with van der Waals surface area (Å²) in [6, 6.07) is 0. The zero-order valence-corrected chi connectivity index (χ0v) is 10.1. The van der Waals surface area contributed by atoms with E-state index >= 15 is 0 Å². The van der Waals surface area contributed by atoms with Crippen LogP contribution in [-0.2, 0) is 4.79 Å². The molecule has 0 unspecified atom stereocenters. The standard InChI is InChI=1S/C10H17IO/c1-3-5-7-9(11)10(12)8-6-4-2/h7H,3-6,8H2,1-2H3/b9-7-. The van der Waals surface area contributed by atoms with E-state index in [4.69, 9.17) is 0 Å². The van der Waals surface area contributed by atoms with Crippen molar-refractivity contribution in [3.63, 3.8) is 0 Å². The van der Waals surface area contributed by atoms with Gasteiger partial charge in [-0.05, 0) is 35.4 Å². The highest BCUT2D eigenvalue weighted by atomic mass is 127. The molecule has 0 aromatic heterocycles. The van der Waals surface area contributed by atoms with Gasteiger partial charge in [-0.3, -0.25) is 4.79 Å².